The van der Waals surface area contributed by atoms with Crippen molar-refractivity contribution in [3.8, 4) is 0 Å². The van der Waals surface area contributed by atoms with E-state index in [-0.39, 0.29) is 19.3 Å². The van der Waals surface area contributed by atoms with Crippen LogP contribution in [0.25, 0.3) is 0 Å². The van der Waals surface area contributed by atoms with E-state index in [4.69, 9.17) is 9.94 Å². The van der Waals surface area contributed by atoms with Gasteiger partial charge in [-0.3, -0.25) is 4.79 Å². The summed E-state index contributed by atoms with van der Waals surface area (Å²) in [5, 5.41) is 8.32. The van der Waals surface area contributed by atoms with Crippen molar-refractivity contribution < 1.29 is 19.5 Å². The van der Waals surface area contributed by atoms with E-state index in [1.807, 2.05) is 0 Å². The smallest absolute Gasteiger partial charge is 0.332 e. The van der Waals surface area contributed by atoms with Gasteiger partial charge in [0.15, 0.2) is 0 Å². The topological polar surface area (TPSA) is 81.4 Å². The second kappa shape index (κ2) is 5.00. The minimum absolute atomic E-state index is 0.0287. The number of aromatic nitrogens is 2. The Labute approximate surface area is 80.1 Å². The zero-order chi connectivity index (χ0) is 10.4. The molecule has 0 aromatic carbocycles. The Morgan fingerprint density at radius 1 is 1.43 bits per heavy atom. The summed E-state index contributed by atoms with van der Waals surface area (Å²) >= 11 is 0. The average molecular weight is 198 g/mol. The van der Waals surface area contributed by atoms with E-state index in [0.717, 1.165) is 0 Å². The van der Waals surface area contributed by atoms with E-state index >= 15 is 0 Å². The van der Waals surface area contributed by atoms with Crippen LogP contribution < -0.4 is 4.84 Å². The monoisotopic (exact) mass is 198 g/mol. The highest BCUT2D eigenvalue weighted by atomic mass is 16.7. The molecular weight excluding hydrogens is 188 g/mol. The lowest BCUT2D eigenvalue weighted by Crippen LogP contribution is -2.18. The molecular formula is C8H10N2O4. The molecule has 0 amide bonds. The van der Waals surface area contributed by atoms with Gasteiger partial charge in [0.25, 0.3) is 0 Å². The minimum atomic E-state index is -0.916. The highest BCUT2D eigenvalue weighted by Crippen LogP contribution is 1.96. The van der Waals surface area contributed by atoms with Gasteiger partial charge < -0.3 is 9.94 Å². The van der Waals surface area contributed by atoms with Crippen molar-refractivity contribution in [2.24, 2.45) is 0 Å². The van der Waals surface area contributed by atoms with Crippen LogP contribution in [0.1, 0.15) is 19.3 Å². The molecule has 14 heavy (non-hydrogen) atoms. The number of carbonyl (C=O) groups excluding carboxylic acids is 1. The van der Waals surface area contributed by atoms with Crippen LogP contribution in [0.15, 0.2) is 18.7 Å². The summed E-state index contributed by atoms with van der Waals surface area (Å²) in [7, 11) is 0. The molecule has 6 heteroatoms. The molecule has 1 N–H and O–H groups in total. The van der Waals surface area contributed by atoms with Gasteiger partial charge in [0.1, 0.15) is 6.33 Å². The normalized spacial score (nSPS) is 9.71. The van der Waals surface area contributed by atoms with Gasteiger partial charge in [-0.15, -0.1) is 0 Å². The van der Waals surface area contributed by atoms with Crippen molar-refractivity contribution in [1.29, 1.82) is 0 Å². The molecule has 0 fully saturated rings. The first-order valence-electron chi connectivity index (χ1n) is 4.09. The lowest BCUT2D eigenvalue weighted by Gasteiger charge is -2.01. The van der Waals surface area contributed by atoms with Crippen molar-refractivity contribution in [2.75, 3.05) is 0 Å². The summed E-state index contributed by atoms with van der Waals surface area (Å²) in [6, 6.07) is 0. The molecule has 0 bridgehead atoms. The van der Waals surface area contributed by atoms with Crippen LogP contribution in [0.4, 0.5) is 0 Å². The number of nitrogens with zero attached hydrogens (tertiary/aromatic N) is 2. The van der Waals surface area contributed by atoms with Gasteiger partial charge in [0.05, 0.1) is 6.20 Å². The summed E-state index contributed by atoms with van der Waals surface area (Å²) < 4.78 is 1.17. The quantitative estimate of drug-likeness (QED) is 0.725. The highest BCUT2D eigenvalue weighted by Gasteiger charge is 2.05. The zero-order valence-corrected chi connectivity index (χ0v) is 7.42. The fraction of sp³-hybridized carbons (Fsp3) is 0.375. The third kappa shape index (κ3) is 3.70. The lowest BCUT2D eigenvalue weighted by molar-refractivity contribution is -0.144. The molecule has 0 spiro atoms. The molecule has 0 unspecified atom stereocenters. The Kier molecular flexibility index (Phi) is 3.66. The molecule has 76 valence electrons. The van der Waals surface area contributed by atoms with E-state index < -0.39 is 11.9 Å². The molecule has 0 aliphatic heterocycles. The van der Waals surface area contributed by atoms with Crippen molar-refractivity contribution in [1.82, 2.24) is 9.71 Å². The van der Waals surface area contributed by atoms with E-state index in [1.165, 1.54) is 23.5 Å². The Hall–Kier alpha value is -1.85. The van der Waals surface area contributed by atoms with Crippen LogP contribution in [-0.2, 0) is 9.59 Å². The molecule has 0 radical (unpaired) electrons. The molecule has 0 saturated carbocycles. The zero-order valence-electron chi connectivity index (χ0n) is 7.42. The maximum absolute atomic E-state index is 11.0. The van der Waals surface area contributed by atoms with Crippen molar-refractivity contribution >= 4 is 11.9 Å². The van der Waals surface area contributed by atoms with Gasteiger partial charge in [-0.2, -0.15) is 4.73 Å². The van der Waals surface area contributed by atoms with Gasteiger partial charge in [-0.1, -0.05) is 0 Å². The van der Waals surface area contributed by atoms with E-state index in [1.54, 1.807) is 0 Å². The van der Waals surface area contributed by atoms with Crippen LogP contribution in [0.2, 0.25) is 0 Å². The fourth-order valence-electron chi connectivity index (χ4n) is 0.848. The van der Waals surface area contributed by atoms with Gasteiger partial charge in [0.2, 0.25) is 0 Å². The largest absolute Gasteiger partial charge is 0.481 e. The molecule has 1 aromatic heterocycles. The Bertz CT molecular complexity index is 307. The van der Waals surface area contributed by atoms with Crippen LogP contribution in [0, 0.1) is 0 Å². The highest BCUT2D eigenvalue weighted by molar-refractivity contribution is 5.71. The summed E-state index contributed by atoms with van der Waals surface area (Å²) in [4.78, 5) is 29.6. The first kappa shape index (κ1) is 10.2. The summed E-state index contributed by atoms with van der Waals surface area (Å²) in [6.45, 7) is 0. The van der Waals surface area contributed by atoms with E-state index in [0.29, 0.717) is 0 Å². The second-order valence-electron chi connectivity index (χ2n) is 2.63. The van der Waals surface area contributed by atoms with Gasteiger partial charge in [-0.25, -0.2) is 9.78 Å². The van der Waals surface area contributed by atoms with E-state index in [2.05, 4.69) is 4.98 Å². The maximum Gasteiger partial charge on any atom is 0.332 e. The number of carbonyl (C=O) groups is 2. The summed E-state index contributed by atoms with van der Waals surface area (Å²) in [5.74, 6) is -1.38. The van der Waals surface area contributed by atoms with Crippen LogP contribution in [0.3, 0.4) is 0 Å². The number of imidazole rings is 1. The third-order valence-corrected chi connectivity index (χ3v) is 1.46. The summed E-state index contributed by atoms with van der Waals surface area (Å²) in [6.07, 6.45) is 4.64. The molecule has 0 aliphatic carbocycles. The number of hydrogen-bond donors (Lipinski definition) is 1. The second-order valence-corrected chi connectivity index (χ2v) is 2.63. The Balaban J connectivity index is 2.20. The Morgan fingerprint density at radius 2 is 2.21 bits per heavy atom. The Morgan fingerprint density at radius 3 is 2.79 bits per heavy atom. The predicted molar refractivity (Wildman–Crippen MR) is 45.3 cm³/mol. The van der Waals surface area contributed by atoms with E-state index in [9.17, 15) is 9.59 Å². The lowest BCUT2D eigenvalue weighted by atomic mass is 10.2. The summed E-state index contributed by atoms with van der Waals surface area (Å²) in [5.41, 5.74) is 0. The molecule has 6 nitrogen and oxygen atoms in total. The predicted octanol–water partition coefficient (Wildman–Crippen LogP) is 0.0932. The fourth-order valence-corrected chi connectivity index (χ4v) is 0.848. The van der Waals surface area contributed by atoms with Crippen molar-refractivity contribution in [3.63, 3.8) is 0 Å². The standard InChI is InChI=1S/C8H10N2O4/c11-7(12)2-1-3-8(13)14-10-5-4-9-6-10/h4-6H,1-3H2,(H,11,12). The van der Waals surface area contributed by atoms with Crippen molar-refractivity contribution in [2.45, 2.75) is 19.3 Å². The molecule has 1 aromatic rings. The first-order chi connectivity index (χ1) is 6.68. The molecule has 1 rings (SSSR count). The van der Waals surface area contributed by atoms with Gasteiger partial charge in [0, 0.05) is 19.0 Å². The molecule has 0 aliphatic rings. The number of aliphatic carboxylic acids is 1. The average Bonchev–Trinajstić information content (AvgIpc) is 2.56. The number of hydrogen-bond acceptors (Lipinski definition) is 4. The number of rotatable bonds is 5. The van der Waals surface area contributed by atoms with Crippen LogP contribution in [0.5, 0.6) is 0 Å². The van der Waals surface area contributed by atoms with Crippen LogP contribution in [-0.4, -0.2) is 26.8 Å². The third-order valence-electron chi connectivity index (χ3n) is 1.46. The molecule has 1 heterocycles. The first-order valence-corrected chi connectivity index (χ1v) is 4.09. The maximum atomic E-state index is 11.0. The van der Waals surface area contributed by atoms with Crippen molar-refractivity contribution in [3.05, 3.63) is 18.7 Å². The minimum Gasteiger partial charge on any atom is -0.481 e. The van der Waals surface area contributed by atoms with Gasteiger partial charge >= 0.3 is 11.9 Å². The molecule has 0 atom stereocenters. The van der Waals surface area contributed by atoms with Crippen LogP contribution >= 0.6 is 0 Å². The number of carboxylic acid groups (broad SMARTS) is 1. The molecule has 0 saturated heterocycles. The number of carboxylic acids is 1. The van der Waals surface area contributed by atoms with Gasteiger partial charge in [-0.05, 0) is 6.42 Å². The SMILES string of the molecule is O=C(O)CCCC(=O)On1ccnc1.